The number of esters is 1. The van der Waals surface area contributed by atoms with E-state index in [1.807, 2.05) is 31.2 Å². The van der Waals surface area contributed by atoms with Crippen LogP contribution in [-0.4, -0.2) is 11.8 Å². The third-order valence-electron chi connectivity index (χ3n) is 3.71. The van der Waals surface area contributed by atoms with Gasteiger partial charge < -0.3 is 9.47 Å². The van der Waals surface area contributed by atoms with Gasteiger partial charge in [-0.05, 0) is 30.7 Å². The second-order valence-electron chi connectivity index (χ2n) is 6.08. The molecular weight excluding hydrogens is 304 g/mol. The number of benzene rings is 2. The number of hydrogen-bond donors (Lipinski definition) is 0. The van der Waals surface area contributed by atoms with Crippen LogP contribution < -0.4 is 9.47 Å². The first-order valence-corrected chi connectivity index (χ1v) is 7.80. The van der Waals surface area contributed by atoms with E-state index in [-0.39, 0.29) is 23.4 Å². The lowest BCUT2D eigenvalue weighted by molar-refractivity contribution is -0.137. The Morgan fingerprint density at radius 3 is 2.50 bits per heavy atom. The smallest absolute Gasteiger partial charge is 0.313 e. The molecule has 0 saturated carbocycles. The molecule has 0 saturated heterocycles. The van der Waals surface area contributed by atoms with Gasteiger partial charge in [-0.1, -0.05) is 43.7 Å². The average molecular weight is 322 g/mol. The van der Waals surface area contributed by atoms with Crippen molar-refractivity contribution in [3.05, 3.63) is 64.9 Å². The molecule has 24 heavy (non-hydrogen) atoms. The Bertz CT molecular complexity index is 829. The van der Waals surface area contributed by atoms with Crippen LogP contribution in [0.5, 0.6) is 11.5 Å². The van der Waals surface area contributed by atoms with Gasteiger partial charge in [0.1, 0.15) is 11.5 Å². The Kier molecular flexibility index (Phi) is 4.21. The quantitative estimate of drug-likeness (QED) is 0.483. The SMILES string of the molecule is Cc1ccc(/C=C2\Oc3cc(OC(=O)C(C)C)ccc3C2=O)cc1. The van der Waals surface area contributed by atoms with E-state index in [2.05, 4.69) is 0 Å². The molecule has 1 aliphatic rings. The summed E-state index contributed by atoms with van der Waals surface area (Å²) in [6, 6.07) is 12.6. The fourth-order valence-corrected chi connectivity index (χ4v) is 2.28. The number of hydrogen-bond acceptors (Lipinski definition) is 4. The number of allylic oxidation sites excluding steroid dienone is 1. The molecule has 0 amide bonds. The maximum absolute atomic E-state index is 12.4. The lowest BCUT2D eigenvalue weighted by Gasteiger charge is -2.07. The summed E-state index contributed by atoms with van der Waals surface area (Å²) in [5.41, 5.74) is 2.51. The highest BCUT2D eigenvalue weighted by atomic mass is 16.5. The van der Waals surface area contributed by atoms with Gasteiger partial charge in [0.25, 0.3) is 0 Å². The molecule has 1 aliphatic heterocycles. The Labute approximate surface area is 140 Å². The first kappa shape index (κ1) is 16.0. The normalized spacial score (nSPS) is 14.7. The lowest BCUT2D eigenvalue weighted by atomic mass is 10.1. The largest absolute Gasteiger partial charge is 0.452 e. The number of rotatable bonds is 3. The summed E-state index contributed by atoms with van der Waals surface area (Å²) in [6.07, 6.45) is 1.71. The minimum atomic E-state index is -0.324. The van der Waals surface area contributed by atoms with Gasteiger partial charge in [-0.15, -0.1) is 0 Å². The standard InChI is InChI=1S/C20H18O4/c1-12(2)20(22)23-15-8-9-16-17(11-15)24-18(19(16)21)10-14-6-4-13(3)5-7-14/h4-12H,1-3H3/b18-10-. The van der Waals surface area contributed by atoms with Gasteiger partial charge in [-0.25, -0.2) is 0 Å². The number of Topliss-reactive ketones (excluding diaryl/α,β-unsaturated/α-hetero) is 1. The fraction of sp³-hybridized carbons (Fsp3) is 0.200. The molecular formula is C20H18O4. The van der Waals surface area contributed by atoms with E-state index in [0.717, 1.165) is 11.1 Å². The average Bonchev–Trinajstić information content (AvgIpc) is 2.85. The number of ether oxygens (including phenoxy) is 2. The molecule has 3 rings (SSSR count). The van der Waals surface area contributed by atoms with Crippen LogP contribution in [0.4, 0.5) is 0 Å². The zero-order valence-electron chi connectivity index (χ0n) is 13.8. The Morgan fingerprint density at radius 2 is 1.83 bits per heavy atom. The predicted octanol–water partition coefficient (Wildman–Crippen LogP) is 4.17. The van der Waals surface area contributed by atoms with Crippen LogP contribution in [0.1, 0.15) is 35.3 Å². The van der Waals surface area contributed by atoms with Crippen LogP contribution in [-0.2, 0) is 4.79 Å². The summed E-state index contributed by atoms with van der Waals surface area (Å²) >= 11 is 0. The number of carbonyl (C=O) groups is 2. The van der Waals surface area contributed by atoms with E-state index >= 15 is 0 Å². The number of ketones is 1. The molecule has 4 nitrogen and oxygen atoms in total. The van der Waals surface area contributed by atoms with Crippen molar-refractivity contribution in [1.29, 1.82) is 0 Å². The Hall–Kier alpha value is -2.88. The van der Waals surface area contributed by atoms with Crippen molar-refractivity contribution in [2.45, 2.75) is 20.8 Å². The molecule has 0 aromatic heterocycles. The summed E-state index contributed by atoms with van der Waals surface area (Å²) in [5.74, 6) is 0.324. The Morgan fingerprint density at radius 1 is 1.12 bits per heavy atom. The van der Waals surface area contributed by atoms with Gasteiger partial charge >= 0.3 is 5.97 Å². The molecule has 0 bridgehead atoms. The number of aryl methyl sites for hydroxylation is 1. The first-order chi connectivity index (χ1) is 11.4. The maximum atomic E-state index is 12.4. The van der Waals surface area contributed by atoms with Crippen LogP contribution in [0.3, 0.4) is 0 Å². The second kappa shape index (κ2) is 6.32. The highest BCUT2D eigenvalue weighted by molar-refractivity contribution is 6.14. The van der Waals surface area contributed by atoms with Crippen molar-refractivity contribution in [1.82, 2.24) is 0 Å². The summed E-state index contributed by atoms with van der Waals surface area (Å²) in [6.45, 7) is 5.53. The van der Waals surface area contributed by atoms with Crippen molar-refractivity contribution in [3.8, 4) is 11.5 Å². The van der Waals surface area contributed by atoms with Gasteiger partial charge in [0.15, 0.2) is 5.76 Å². The molecule has 0 fully saturated rings. The van der Waals surface area contributed by atoms with Crippen molar-refractivity contribution in [3.63, 3.8) is 0 Å². The zero-order valence-corrected chi connectivity index (χ0v) is 13.8. The van der Waals surface area contributed by atoms with E-state index in [4.69, 9.17) is 9.47 Å². The van der Waals surface area contributed by atoms with Crippen LogP contribution in [0.25, 0.3) is 6.08 Å². The van der Waals surface area contributed by atoms with Crippen LogP contribution in [0.2, 0.25) is 0 Å². The molecule has 2 aromatic carbocycles. The van der Waals surface area contributed by atoms with Gasteiger partial charge in [0.05, 0.1) is 11.5 Å². The molecule has 0 N–H and O–H groups in total. The van der Waals surface area contributed by atoms with Crippen molar-refractivity contribution < 1.29 is 19.1 Å². The van der Waals surface area contributed by atoms with Crippen LogP contribution >= 0.6 is 0 Å². The molecule has 122 valence electrons. The minimum Gasteiger partial charge on any atom is -0.452 e. The second-order valence-corrected chi connectivity index (χ2v) is 6.08. The molecule has 2 aromatic rings. The fourth-order valence-electron chi connectivity index (χ4n) is 2.28. The predicted molar refractivity (Wildman–Crippen MR) is 91.0 cm³/mol. The van der Waals surface area contributed by atoms with Crippen molar-refractivity contribution in [2.24, 2.45) is 5.92 Å². The number of fused-ring (bicyclic) bond motifs is 1. The van der Waals surface area contributed by atoms with E-state index in [0.29, 0.717) is 17.1 Å². The minimum absolute atomic E-state index is 0.174. The van der Waals surface area contributed by atoms with E-state index in [9.17, 15) is 9.59 Å². The maximum Gasteiger partial charge on any atom is 0.313 e. The van der Waals surface area contributed by atoms with Crippen molar-refractivity contribution >= 4 is 17.8 Å². The molecule has 0 unspecified atom stereocenters. The molecule has 4 heteroatoms. The Balaban J connectivity index is 1.84. The molecule has 1 heterocycles. The zero-order chi connectivity index (χ0) is 17.3. The van der Waals surface area contributed by atoms with Crippen LogP contribution in [0, 0.1) is 12.8 Å². The molecule has 0 atom stereocenters. The topological polar surface area (TPSA) is 52.6 Å². The van der Waals surface area contributed by atoms with Gasteiger partial charge in [-0.3, -0.25) is 9.59 Å². The molecule has 0 aliphatic carbocycles. The third kappa shape index (κ3) is 3.23. The first-order valence-electron chi connectivity index (χ1n) is 7.80. The summed E-state index contributed by atoms with van der Waals surface area (Å²) < 4.78 is 10.9. The third-order valence-corrected chi connectivity index (χ3v) is 3.71. The van der Waals surface area contributed by atoms with Gasteiger partial charge in [-0.2, -0.15) is 0 Å². The highest BCUT2D eigenvalue weighted by Gasteiger charge is 2.28. The van der Waals surface area contributed by atoms with E-state index < -0.39 is 0 Å². The lowest BCUT2D eigenvalue weighted by Crippen LogP contribution is -2.14. The van der Waals surface area contributed by atoms with E-state index in [1.54, 1.807) is 38.1 Å². The summed E-state index contributed by atoms with van der Waals surface area (Å²) in [5, 5.41) is 0. The van der Waals surface area contributed by atoms with Crippen LogP contribution in [0.15, 0.2) is 48.2 Å². The number of carbonyl (C=O) groups excluding carboxylic acids is 2. The molecule has 0 spiro atoms. The van der Waals surface area contributed by atoms with Gasteiger partial charge in [0, 0.05) is 6.07 Å². The summed E-state index contributed by atoms with van der Waals surface area (Å²) in [7, 11) is 0. The van der Waals surface area contributed by atoms with E-state index in [1.165, 1.54) is 0 Å². The highest BCUT2D eigenvalue weighted by Crippen LogP contribution is 2.35. The van der Waals surface area contributed by atoms with Gasteiger partial charge in [0.2, 0.25) is 5.78 Å². The monoisotopic (exact) mass is 322 g/mol. The van der Waals surface area contributed by atoms with Crippen molar-refractivity contribution in [2.75, 3.05) is 0 Å². The summed E-state index contributed by atoms with van der Waals surface area (Å²) in [4.78, 5) is 24.1. The molecule has 0 radical (unpaired) electrons.